The summed E-state index contributed by atoms with van der Waals surface area (Å²) in [4.78, 5) is 29.6. The highest BCUT2D eigenvalue weighted by molar-refractivity contribution is 6.01. The Morgan fingerprint density at radius 3 is 2.38 bits per heavy atom. The third kappa shape index (κ3) is 5.35. The molecule has 2 aromatic rings. The van der Waals surface area contributed by atoms with Crippen molar-refractivity contribution in [1.29, 1.82) is 0 Å². The van der Waals surface area contributed by atoms with Gasteiger partial charge in [0, 0.05) is 43.1 Å². The molecule has 154 valence electrons. The lowest BCUT2D eigenvalue weighted by molar-refractivity contribution is -0.117. The minimum absolute atomic E-state index is 0.235. The van der Waals surface area contributed by atoms with E-state index < -0.39 is 6.04 Å². The SMILES string of the molecule is Cc1cccc(C(=O)NC(C)C(=O)Nc2ccc(N3CCN(C)CC3)cc2C)c1. The van der Waals surface area contributed by atoms with E-state index in [4.69, 9.17) is 0 Å². The summed E-state index contributed by atoms with van der Waals surface area (Å²) in [6, 6.07) is 12.8. The molecule has 0 aliphatic carbocycles. The van der Waals surface area contributed by atoms with E-state index in [2.05, 4.69) is 33.5 Å². The first-order valence-corrected chi connectivity index (χ1v) is 10.1. The molecule has 0 bridgehead atoms. The number of benzene rings is 2. The van der Waals surface area contributed by atoms with Crippen molar-refractivity contribution < 1.29 is 9.59 Å². The van der Waals surface area contributed by atoms with Crippen molar-refractivity contribution >= 4 is 23.2 Å². The van der Waals surface area contributed by atoms with E-state index in [1.807, 2.05) is 38.1 Å². The highest BCUT2D eigenvalue weighted by Crippen LogP contribution is 2.23. The molecule has 0 radical (unpaired) electrons. The Hall–Kier alpha value is -2.86. The number of piperazine rings is 1. The van der Waals surface area contributed by atoms with Crippen molar-refractivity contribution in [3.05, 3.63) is 59.2 Å². The molecule has 1 aliphatic heterocycles. The number of nitrogens with zero attached hydrogens (tertiary/aromatic N) is 2. The van der Waals surface area contributed by atoms with Crippen LogP contribution in [-0.2, 0) is 4.79 Å². The third-order valence-corrected chi connectivity index (χ3v) is 5.36. The lowest BCUT2D eigenvalue weighted by atomic mass is 10.1. The Morgan fingerprint density at radius 2 is 1.72 bits per heavy atom. The largest absolute Gasteiger partial charge is 0.369 e. The highest BCUT2D eigenvalue weighted by Gasteiger charge is 2.19. The highest BCUT2D eigenvalue weighted by atomic mass is 16.2. The Bertz CT molecular complexity index is 888. The number of rotatable bonds is 5. The molecule has 1 heterocycles. The molecule has 1 fully saturated rings. The smallest absolute Gasteiger partial charge is 0.251 e. The number of amides is 2. The maximum atomic E-state index is 12.6. The van der Waals surface area contributed by atoms with E-state index in [-0.39, 0.29) is 11.8 Å². The van der Waals surface area contributed by atoms with Gasteiger partial charge < -0.3 is 20.4 Å². The average molecular weight is 395 g/mol. The summed E-state index contributed by atoms with van der Waals surface area (Å²) in [5.41, 5.74) is 4.51. The molecule has 1 unspecified atom stereocenters. The first kappa shape index (κ1) is 20.9. The zero-order valence-electron chi connectivity index (χ0n) is 17.7. The second-order valence-electron chi connectivity index (χ2n) is 7.84. The minimum Gasteiger partial charge on any atom is -0.369 e. The number of hydrogen-bond acceptors (Lipinski definition) is 4. The van der Waals surface area contributed by atoms with Gasteiger partial charge in [0.1, 0.15) is 6.04 Å². The number of aryl methyl sites for hydroxylation is 2. The Labute approximate surface area is 172 Å². The van der Waals surface area contributed by atoms with Gasteiger partial charge in [0.2, 0.25) is 5.91 Å². The van der Waals surface area contributed by atoms with Crippen molar-refractivity contribution in [2.24, 2.45) is 0 Å². The van der Waals surface area contributed by atoms with Crippen molar-refractivity contribution in [3.8, 4) is 0 Å². The van der Waals surface area contributed by atoms with Gasteiger partial charge in [0.05, 0.1) is 0 Å². The first-order valence-electron chi connectivity index (χ1n) is 10.1. The number of carbonyl (C=O) groups excluding carboxylic acids is 2. The van der Waals surface area contributed by atoms with Crippen LogP contribution in [0.5, 0.6) is 0 Å². The van der Waals surface area contributed by atoms with Gasteiger partial charge in [0.25, 0.3) is 5.91 Å². The quantitative estimate of drug-likeness (QED) is 0.819. The molecule has 2 amide bonds. The van der Waals surface area contributed by atoms with E-state index in [1.54, 1.807) is 19.1 Å². The van der Waals surface area contributed by atoms with Crippen molar-refractivity contribution in [1.82, 2.24) is 10.2 Å². The molecular formula is C23H30N4O2. The van der Waals surface area contributed by atoms with Gasteiger partial charge in [-0.15, -0.1) is 0 Å². The second-order valence-corrected chi connectivity index (χ2v) is 7.84. The van der Waals surface area contributed by atoms with Crippen LogP contribution in [0.25, 0.3) is 0 Å². The molecule has 6 nitrogen and oxygen atoms in total. The van der Waals surface area contributed by atoms with Gasteiger partial charge in [-0.2, -0.15) is 0 Å². The molecule has 0 aromatic heterocycles. The number of hydrogen-bond donors (Lipinski definition) is 2. The topological polar surface area (TPSA) is 64.7 Å². The molecule has 1 atom stereocenters. The molecular weight excluding hydrogens is 364 g/mol. The van der Waals surface area contributed by atoms with E-state index in [9.17, 15) is 9.59 Å². The fraction of sp³-hybridized carbons (Fsp3) is 0.391. The van der Waals surface area contributed by atoms with Crippen LogP contribution in [0.3, 0.4) is 0 Å². The average Bonchev–Trinajstić information content (AvgIpc) is 2.70. The van der Waals surface area contributed by atoms with E-state index in [1.165, 1.54) is 5.69 Å². The van der Waals surface area contributed by atoms with Gasteiger partial charge in [0.15, 0.2) is 0 Å². The summed E-state index contributed by atoms with van der Waals surface area (Å²) < 4.78 is 0. The predicted octanol–water partition coefficient (Wildman–Crippen LogP) is 2.81. The molecule has 2 aromatic carbocycles. The van der Waals surface area contributed by atoms with Crippen LogP contribution < -0.4 is 15.5 Å². The molecule has 1 saturated heterocycles. The molecule has 1 aliphatic rings. The Kier molecular flexibility index (Phi) is 6.54. The molecule has 29 heavy (non-hydrogen) atoms. The predicted molar refractivity (Wildman–Crippen MR) is 118 cm³/mol. The van der Waals surface area contributed by atoms with Crippen LogP contribution in [0.1, 0.15) is 28.4 Å². The summed E-state index contributed by atoms with van der Waals surface area (Å²) in [7, 11) is 2.14. The zero-order chi connectivity index (χ0) is 21.0. The molecule has 2 N–H and O–H groups in total. The fourth-order valence-corrected chi connectivity index (χ4v) is 3.42. The lowest BCUT2D eigenvalue weighted by Crippen LogP contribution is -2.44. The van der Waals surface area contributed by atoms with Gasteiger partial charge in [-0.25, -0.2) is 0 Å². The number of carbonyl (C=O) groups is 2. The molecule has 0 spiro atoms. The first-order chi connectivity index (χ1) is 13.8. The molecule has 6 heteroatoms. The van der Waals surface area contributed by atoms with Crippen molar-refractivity contribution in [2.75, 3.05) is 43.4 Å². The van der Waals surface area contributed by atoms with Crippen LogP contribution in [-0.4, -0.2) is 56.0 Å². The molecule has 0 saturated carbocycles. The zero-order valence-corrected chi connectivity index (χ0v) is 17.7. The molecule has 3 rings (SSSR count). The summed E-state index contributed by atoms with van der Waals surface area (Å²) >= 11 is 0. The monoisotopic (exact) mass is 394 g/mol. The van der Waals surface area contributed by atoms with E-state index in [0.29, 0.717) is 5.56 Å². The van der Waals surface area contributed by atoms with Crippen molar-refractivity contribution in [3.63, 3.8) is 0 Å². The van der Waals surface area contributed by atoms with E-state index >= 15 is 0 Å². The third-order valence-electron chi connectivity index (χ3n) is 5.36. The summed E-state index contributed by atoms with van der Waals surface area (Å²) in [5, 5.41) is 5.70. The Morgan fingerprint density at radius 1 is 1.00 bits per heavy atom. The van der Waals surface area contributed by atoms with Crippen molar-refractivity contribution in [2.45, 2.75) is 26.8 Å². The van der Waals surface area contributed by atoms with Gasteiger partial charge >= 0.3 is 0 Å². The summed E-state index contributed by atoms with van der Waals surface area (Å²) in [6.07, 6.45) is 0. The lowest BCUT2D eigenvalue weighted by Gasteiger charge is -2.34. The minimum atomic E-state index is -0.639. The second kappa shape index (κ2) is 9.09. The Balaban J connectivity index is 1.60. The number of anilines is 2. The van der Waals surface area contributed by atoms with Crippen LogP contribution >= 0.6 is 0 Å². The van der Waals surface area contributed by atoms with Crippen LogP contribution in [0, 0.1) is 13.8 Å². The van der Waals surface area contributed by atoms with Crippen LogP contribution in [0.4, 0.5) is 11.4 Å². The summed E-state index contributed by atoms with van der Waals surface area (Å²) in [5.74, 6) is -0.486. The number of likely N-dealkylation sites (N-methyl/N-ethyl adjacent to an activating group) is 1. The maximum Gasteiger partial charge on any atom is 0.251 e. The number of nitrogens with one attached hydrogen (secondary N) is 2. The van der Waals surface area contributed by atoms with Crippen LogP contribution in [0.15, 0.2) is 42.5 Å². The normalized spacial score (nSPS) is 15.7. The van der Waals surface area contributed by atoms with E-state index in [0.717, 1.165) is 43.0 Å². The van der Waals surface area contributed by atoms with Gasteiger partial charge in [-0.3, -0.25) is 9.59 Å². The summed E-state index contributed by atoms with van der Waals surface area (Å²) in [6.45, 7) is 9.72. The fourth-order valence-electron chi connectivity index (χ4n) is 3.42. The van der Waals surface area contributed by atoms with Gasteiger partial charge in [-0.1, -0.05) is 17.7 Å². The maximum absolute atomic E-state index is 12.6. The van der Waals surface area contributed by atoms with Gasteiger partial charge in [-0.05, 0) is 63.7 Å². The van der Waals surface area contributed by atoms with Crippen LogP contribution in [0.2, 0.25) is 0 Å². The standard InChI is InChI=1S/C23H30N4O2/c1-16-6-5-7-19(14-16)23(29)24-18(3)22(28)25-21-9-8-20(15-17(21)2)27-12-10-26(4)11-13-27/h5-9,14-15,18H,10-13H2,1-4H3,(H,24,29)(H,25,28).